The number of hydrogen-bond acceptors (Lipinski definition) is 4. The van der Waals surface area contributed by atoms with Crippen molar-refractivity contribution in [2.24, 2.45) is 11.0 Å². The molecule has 0 spiro atoms. The Morgan fingerprint density at radius 1 is 1.42 bits per heavy atom. The molecule has 0 heterocycles. The fraction of sp³-hybridized carbons (Fsp3) is 0.308. The number of carboxylic acids is 1. The molecule has 0 saturated carbocycles. The number of carboxylic acid groups (broad SMARTS) is 1. The third kappa shape index (κ3) is 5.13. The van der Waals surface area contributed by atoms with E-state index in [0.29, 0.717) is 5.75 Å². The van der Waals surface area contributed by atoms with Gasteiger partial charge in [-0.05, 0) is 5.56 Å². The van der Waals surface area contributed by atoms with Crippen LogP contribution in [0.3, 0.4) is 0 Å². The van der Waals surface area contributed by atoms with Crippen molar-refractivity contribution < 1.29 is 14.7 Å². The molecule has 0 aliphatic heterocycles. The quantitative estimate of drug-likeness (QED) is 0.471. The standard InChI is InChI=1S/C13H16N2O3S/c1-10(9-19)13(18)15(8-12(16)17)14-7-11-5-3-2-4-6-11/h2-7,10,19H,8-9H2,1H3,(H,16,17). The first-order valence-electron chi connectivity index (χ1n) is 5.77. The first kappa shape index (κ1) is 15.2. The fourth-order valence-corrected chi connectivity index (χ4v) is 1.47. The molecule has 19 heavy (non-hydrogen) atoms. The van der Waals surface area contributed by atoms with Gasteiger partial charge in [0.15, 0.2) is 0 Å². The van der Waals surface area contributed by atoms with Crippen molar-refractivity contribution in [1.82, 2.24) is 5.01 Å². The second-order valence-corrected chi connectivity index (χ2v) is 4.39. The summed E-state index contributed by atoms with van der Waals surface area (Å²) in [5.74, 6) is -1.50. The summed E-state index contributed by atoms with van der Waals surface area (Å²) in [4.78, 5) is 22.7. The zero-order valence-electron chi connectivity index (χ0n) is 10.6. The van der Waals surface area contributed by atoms with Crippen molar-refractivity contribution in [2.45, 2.75) is 6.92 Å². The molecule has 1 atom stereocenters. The number of benzene rings is 1. The van der Waals surface area contributed by atoms with E-state index in [9.17, 15) is 9.59 Å². The zero-order valence-corrected chi connectivity index (χ0v) is 11.5. The average molecular weight is 280 g/mol. The van der Waals surface area contributed by atoms with Crippen LogP contribution in [0.25, 0.3) is 0 Å². The van der Waals surface area contributed by atoms with Gasteiger partial charge >= 0.3 is 5.97 Å². The minimum atomic E-state index is -1.11. The van der Waals surface area contributed by atoms with Gasteiger partial charge < -0.3 is 5.11 Å². The summed E-state index contributed by atoms with van der Waals surface area (Å²) >= 11 is 4.03. The average Bonchev–Trinajstić information content (AvgIpc) is 2.42. The molecule has 1 amide bonds. The summed E-state index contributed by atoms with van der Waals surface area (Å²) in [6, 6.07) is 9.16. The molecule has 1 rings (SSSR count). The molecule has 5 nitrogen and oxygen atoms in total. The van der Waals surface area contributed by atoms with Gasteiger partial charge in [0, 0.05) is 11.7 Å². The second-order valence-electron chi connectivity index (χ2n) is 4.03. The van der Waals surface area contributed by atoms with E-state index in [1.807, 2.05) is 30.3 Å². The minimum absolute atomic E-state index is 0.343. The van der Waals surface area contributed by atoms with Gasteiger partial charge in [0.25, 0.3) is 0 Å². The Balaban J connectivity index is 2.83. The topological polar surface area (TPSA) is 70.0 Å². The summed E-state index contributed by atoms with van der Waals surface area (Å²) in [6.45, 7) is 1.22. The van der Waals surface area contributed by atoms with Gasteiger partial charge in [0.05, 0.1) is 6.21 Å². The van der Waals surface area contributed by atoms with Crippen molar-refractivity contribution in [3.63, 3.8) is 0 Å². The van der Waals surface area contributed by atoms with E-state index in [1.54, 1.807) is 6.92 Å². The summed E-state index contributed by atoms with van der Waals surface area (Å²) in [6.07, 6.45) is 1.46. The Bertz CT molecular complexity index is 462. The Hall–Kier alpha value is -1.82. The van der Waals surface area contributed by atoms with Crippen LogP contribution in [-0.2, 0) is 9.59 Å². The van der Waals surface area contributed by atoms with Crippen LogP contribution < -0.4 is 0 Å². The number of carbonyl (C=O) groups is 2. The number of hydrazone groups is 1. The van der Waals surface area contributed by atoms with E-state index < -0.39 is 12.5 Å². The Morgan fingerprint density at radius 3 is 2.58 bits per heavy atom. The number of thiol groups is 1. The lowest BCUT2D eigenvalue weighted by molar-refractivity contribution is -0.145. The lowest BCUT2D eigenvalue weighted by Crippen LogP contribution is -2.35. The van der Waals surface area contributed by atoms with Crippen LogP contribution in [0.5, 0.6) is 0 Å². The van der Waals surface area contributed by atoms with Crippen LogP contribution in [-0.4, -0.2) is 40.5 Å². The largest absolute Gasteiger partial charge is 0.480 e. The van der Waals surface area contributed by atoms with E-state index in [0.717, 1.165) is 10.6 Å². The molecule has 0 saturated heterocycles. The van der Waals surface area contributed by atoms with Crippen molar-refractivity contribution in [1.29, 1.82) is 0 Å². The molecule has 0 bridgehead atoms. The Labute approximate surface area is 117 Å². The van der Waals surface area contributed by atoms with Gasteiger partial charge in [0.2, 0.25) is 5.91 Å². The predicted octanol–water partition coefficient (Wildman–Crippen LogP) is 1.50. The summed E-state index contributed by atoms with van der Waals surface area (Å²) in [5, 5.41) is 13.7. The number of amides is 1. The highest BCUT2D eigenvalue weighted by Crippen LogP contribution is 2.05. The summed E-state index contributed by atoms with van der Waals surface area (Å²) in [7, 11) is 0. The van der Waals surface area contributed by atoms with Crippen molar-refractivity contribution in [3.05, 3.63) is 35.9 Å². The van der Waals surface area contributed by atoms with Crippen LogP contribution in [0, 0.1) is 5.92 Å². The third-order valence-electron chi connectivity index (χ3n) is 2.38. The van der Waals surface area contributed by atoms with Gasteiger partial charge in [-0.3, -0.25) is 9.59 Å². The molecular formula is C13H16N2O3S. The first-order chi connectivity index (χ1) is 9.04. The molecular weight excluding hydrogens is 264 g/mol. The number of carbonyl (C=O) groups excluding carboxylic acids is 1. The van der Waals surface area contributed by atoms with Gasteiger partial charge in [-0.25, -0.2) is 5.01 Å². The number of hydrogen-bond donors (Lipinski definition) is 2. The van der Waals surface area contributed by atoms with Crippen LogP contribution in [0.1, 0.15) is 12.5 Å². The Kier molecular flexibility index (Phi) is 6.08. The number of rotatable bonds is 6. The molecule has 0 aliphatic rings. The van der Waals surface area contributed by atoms with Crippen LogP contribution in [0.15, 0.2) is 35.4 Å². The van der Waals surface area contributed by atoms with E-state index in [-0.39, 0.29) is 11.8 Å². The van der Waals surface area contributed by atoms with Gasteiger partial charge in [-0.15, -0.1) is 0 Å². The molecule has 6 heteroatoms. The third-order valence-corrected chi connectivity index (χ3v) is 2.93. The second kappa shape index (κ2) is 7.58. The molecule has 1 aromatic carbocycles. The van der Waals surface area contributed by atoms with E-state index in [1.165, 1.54) is 6.21 Å². The lowest BCUT2D eigenvalue weighted by Gasteiger charge is -2.18. The van der Waals surface area contributed by atoms with Crippen molar-refractivity contribution in [2.75, 3.05) is 12.3 Å². The van der Waals surface area contributed by atoms with Gasteiger partial charge in [-0.1, -0.05) is 37.3 Å². The molecule has 102 valence electrons. The maximum absolute atomic E-state index is 11.9. The molecule has 0 aliphatic carbocycles. The minimum Gasteiger partial charge on any atom is -0.480 e. The number of aliphatic carboxylic acids is 1. The first-order valence-corrected chi connectivity index (χ1v) is 6.41. The monoisotopic (exact) mass is 280 g/mol. The highest BCUT2D eigenvalue weighted by atomic mass is 32.1. The van der Waals surface area contributed by atoms with Gasteiger partial charge in [0.1, 0.15) is 6.54 Å². The van der Waals surface area contributed by atoms with Crippen LogP contribution >= 0.6 is 12.6 Å². The maximum atomic E-state index is 11.9. The van der Waals surface area contributed by atoms with E-state index in [4.69, 9.17) is 5.11 Å². The predicted molar refractivity (Wildman–Crippen MR) is 76.4 cm³/mol. The normalized spacial score (nSPS) is 12.3. The van der Waals surface area contributed by atoms with E-state index in [2.05, 4.69) is 17.7 Å². The molecule has 0 fully saturated rings. The molecule has 0 radical (unpaired) electrons. The smallest absolute Gasteiger partial charge is 0.325 e. The SMILES string of the molecule is CC(CS)C(=O)N(CC(=O)O)N=Cc1ccccc1. The zero-order chi connectivity index (χ0) is 14.3. The van der Waals surface area contributed by atoms with Crippen LogP contribution in [0.2, 0.25) is 0 Å². The fourth-order valence-electron chi connectivity index (χ4n) is 1.31. The summed E-state index contributed by atoms with van der Waals surface area (Å²) in [5.41, 5.74) is 0.796. The molecule has 0 aromatic heterocycles. The van der Waals surface area contributed by atoms with E-state index >= 15 is 0 Å². The van der Waals surface area contributed by atoms with Crippen LogP contribution in [0.4, 0.5) is 0 Å². The lowest BCUT2D eigenvalue weighted by atomic mass is 10.2. The highest BCUT2D eigenvalue weighted by molar-refractivity contribution is 7.80. The van der Waals surface area contributed by atoms with Gasteiger partial charge in [-0.2, -0.15) is 17.7 Å². The molecule has 1 aromatic rings. The van der Waals surface area contributed by atoms with Crippen molar-refractivity contribution >= 4 is 30.7 Å². The highest BCUT2D eigenvalue weighted by Gasteiger charge is 2.20. The molecule has 1 N–H and O–H groups in total. The summed E-state index contributed by atoms with van der Waals surface area (Å²) < 4.78 is 0. The number of nitrogens with zero attached hydrogens (tertiary/aromatic N) is 2. The Morgan fingerprint density at radius 2 is 2.05 bits per heavy atom. The van der Waals surface area contributed by atoms with Crippen molar-refractivity contribution in [3.8, 4) is 0 Å². The molecule has 1 unspecified atom stereocenters. The maximum Gasteiger partial charge on any atom is 0.325 e.